The number of ether oxygens (including phenoxy) is 1. The number of hydrogen-bond donors (Lipinski definition) is 1. The zero-order valence-corrected chi connectivity index (χ0v) is 14.2. The van der Waals surface area contributed by atoms with Crippen molar-refractivity contribution in [1.82, 2.24) is 14.9 Å². The maximum atomic E-state index is 10.3. The van der Waals surface area contributed by atoms with Crippen molar-refractivity contribution in [2.45, 2.75) is 24.9 Å². The minimum absolute atomic E-state index is 0.416. The zero-order chi connectivity index (χ0) is 16.4. The smallest absolute Gasteiger partial charge is 0.227 e. The van der Waals surface area contributed by atoms with Gasteiger partial charge in [0.1, 0.15) is 5.82 Å². The average molecular weight is 333 g/mol. The summed E-state index contributed by atoms with van der Waals surface area (Å²) in [5.41, 5.74) is -0.416. The Bertz CT molecular complexity index is 552. The fourth-order valence-electron chi connectivity index (χ4n) is 3.73. The van der Waals surface area contributed by atoms with Crippen LogP contribution in [0.1, 0.15) is 19.3 Å². The highest BCUT2D eigenvalue weighted by Gasteiger charge is 2.36. The first kappa shape index (κ1) is 16.1. The van der Waals surface area contributed by atoms with E-state index in [1.54, 1.807) is 0 Å². The highest BCUT2D eigenvalue weighted by atomic mass is 16.5. The van der Waals surface area contributed by atoms with Crippen molar-refractivity contribution in [3.63, 3.8) is 0 Å². The molecule has 1 aromatic rings. The van der Waals surface area contributed by atoms with Gasteiger partial charge in [-0.05, 0) is 25.3 Å². The molecule has 1 saturated carbocycles. The van der Waals surface area contributed by atoms with Gasteiger partial charge in [-0.25, -0.2) is 4.98 Å². The van der Waals surface area contributed by atoms with E-state index in [1.165, 1.54) is 6.42 Å². The van der Waals surface area contributed by atoms with Gasteiger partial charge in [-0.3, -0.25) is 4.90 Å². The number of morpholine rings is 1. The molecule has 24 heavy (non-hydrogen) atoms. The van der Waals surface area contributed by atoms with Gasteiger partial charge in [0.2, 0.25) is 5.95 Å². The molecule has 1 N–H and O–H groups in total. The number of hydrogen-bond acceptors (Lipinski definition) is 7. The summed E-state index contributed by atoms with van der Waals surface area (Å²) in [5.74, 6) is 1.82. The van der Waals surface area contributed by atoms with Crippen molar-refractivity contribution in [2.75, 3.05) is 68.8 Å². The largest absolute Gasteiger partial charge is 0.389 e. The van der Waals surface area contributed by atoms with Crippen molar-refractivity contribution in [3.05, 3.63) is 12.3 Å². The second-order valence-corrected chi connectivity index (χ2v) is 7.16. The van der Waals surface area contributed by atoms with Gasteiger partial charge in [-0.15, -0.1) is 0 Å². The van der Waals surface area contributed by atoms with Crippen molar-refractivity contribution in [2.24, 2.45) is 0 Å². The van der Waals surface area contributed by atoms with E-state index < -0.39 is 5.60 Å². The Morgan fingerprint density at radius 1 is 1.04 bits per heavy atom. The van der Waals surface area contributed by atoms with Crippen LogP contribution in [0.2, 0.25) is 0 Å². The van der Waals surface area contributed by atoms with Crippen LogP contribution in [-0.4, -0.2) is 84.6 Å². The molecule has 1 aromatic heterocycles. The Balaban J connectivity index is 1.35. The standard InChI is InChI=1S/C17H27N5O2/c23-17(3-1-4-17)14-20-6-8-21(9-7-20)15-2-5-18-16(19-15)22-10-12-24-13-11-22/h2,5,23H,1,3-4,6-14H2. The van der Waals surface area contributed by atoms with Crippen LogP contribution in [-0.2, 0) is 4.74 Å². The number of β-amino-alcohol motifs (C(OH)–C–C–N with tert-alkyl or cyclic N) is 1. The molecule has 1 aliphatic carbocycles. The SMILES string of the molecule is OC1(CN2CCN(c3ccnc(N4CCOCC4)n3)CC2)CCC1. The van der Waals surface area contributed by atoms with E-state index in [0.717, 1.165) is 83.6 Å². The molecule has 0 bridgehead atoms. The van der Waals surface area contributed by atoms with E-state index in [9.17, 15) is 5.11 Å². The molecule has 0 radical (unpaired) electrons. The van der Waals surface area contributed by atoms with Crippen molar-refractivity contribution < 1.29 is 9.84 Å². The van der Waals surface area contributed by atoms with E-state index >= 15 is 0 Å². The van der Waals surface area contributed by atoms with Gasteiger partial charge in [0, 0.05) is 52.0 Å². The van der Waals surface area contributed by atoms with Gasteiger partial charge < -0.3 is 19.6 Å². The number of rotatable bonds is 4. The van der Waals surface area contributed by atoms with Crippen LogP contribution in [0.3, 0.4) is 0 Å². The number of piperazine rings is 1. The van der Waals surface area contributed by atoms with E-state index in [4.69, 9.17) is 9.72 Å². The normalized spacial score (nSPS) is 24.7. The lowest BCUT2D eigenvalue weighted by Gasteiger charge is -2.43. The molecule has 0 spiro atoms. The summed E-state index contributed by atoms with van der Waals surface area (Å²) < 4.78 is 5.40. The molecule has 3 fully saturated rings. The second kappa shape index (κ2) is 6.82. The lowest BCUT2D eigenvalue weighted by Crippen LogP contribution is -2.54. The Morgan fingerprint density at radius 3 is 2.46 bits per heavy atom. The van der Waals surface area contributed by atoms with Crippen LogP contribution in [0.15, 0.2) is 12.3 Å². The van der Waals surface area contributed by atoms with Crippen molar-refractivity contribution >= 4 is 11.8 Å². The summed E-state index contributed by atoms with van der Waals surface area (Å²) in [5, 5.41) is 10.3. The fourth-order valence-corrected chi connectivity index (χ4v) is 3.73. The third-order valence-corrected chi connectivity index (χ3v) is 5.42. The molecular formula is C17H27N5O2. The molecule has 0 atom stereocenters. The van der Waals surface area contributed by atoms with Crippen molar-refractivity contribution in [3.8, 4) is 0 Å². The predicted octanol–water partition coefficient (Wildman–Crippen LogP) is 0.350. The first-order chi connectivity index (χ1) is 11.7. The molecular weight excluding hydrogens is 306 g/mol. The summed E-state index contributed by atoms with van der Waals surface area (Å²) in [6.45, 7) is 7.91. The van der Waals surface area contributed by atoms with E-state index in [-0.39, 0.29) is 0 Å². The van der Waals surface area contributed by atoms with Gasteiger partial charge in [0.15, 0.2) is 0 Å². The molecule has 132 valence electrons. The topological polar surface area (TPSA) is 65.0 Å². The molecule has 0 unspecified atom stereocenters. The third kappa shape index (κ3) is 3.48. The first-order valence-corrected chi connectivity index (χ1v) is 9.07. The molecule has 0 amide bonds. The molecule has 7 heteroatoms. The van der Waals surface area contributed by atoms with Crippen LogP contribution >= 0.6 is 0 Å². The van der Waals surface area contributed by atoms with Crippen molar-refractivity contribution in [1.29, 1.82) is 0 Å². The quantitative estimate of drug-likeness (QED) is 0.853. The lowest BCUT2D eigenvalue weighted by molar-refractivity contribution is -0.0594. The lowest BCUT2D eigenvalue weighted by atomic mass is 9.80. The Hall–Kier alpha value is -1.44. The molecule has 4 rings (SSSR count). The van der Waals surface area contributed by atoms with Gasteiger partial charge in [0.25, 0.3) is 0 Å². The zero-order valence-electron chi connectivity index (χ0n) is 14.2. The molecule has 3 heterocycles. The summed E-state index contributed by atoms with van der Waals surface area (Å²) in [4.78, 5) is 16.1. The highest BCUT2D eigenvalue weighted by Crippen LogP contribution is 2.32. The van der Waals surface area contributed by atoms with Gasteiger partial charge >= 0.3 is 0 Å². The third-order valence-electron chi connectivity index (χ3n) is 5.42. The first-order valence-electron chi connectivity index (χ1n) is 9.07. The molecule has 7 nitrogen and oxygen atoms in total. The molecule has 2 saturated heterocycles. The van der Waals surface area contributed by atoms with Gasteiger partial charge in [-0.2, -0.15) is 4.98 Å². The number of anilines is 2. The Morgan fingerprint density at radius 2 is 1.79 bits per heavy atom. The fraction of sp³-hybridized carbons (Fsp3) is 0.765. The predicted molar refractivity (Wildman–Crippen MR) is 92.5 cm³/mol. The summed E-state index contributed by atoms with van der Waals surface area (Å²) >= 11 is 0. The molecule has 0 aromatic carbocycles. The maximum Gasteiger partial charge on any atom is 0.227 e. The number of aliphatic hydroxyl groups is 1. The highest BCUT2D eigenvalue weighted by molar-refractivity contribution is 5.44. The minimum Gasteiger partial charge on any atom is -0.389 e. The van der Waals surface area contributed by atoms with Crippen LogP contribution in [0.25, 0.3) is 0 Å². The number of nitrogens with zero attached hydrogens (tertiary/aromatic N) is 5. The monoisotopic (exact) mass is 333 g/mol. The summed E-state index contributed by atoms with van der Waals surface area (Å²) in [7, 11) is 0. The average Bonchev–Trinajstić information content (AvgIpc) is 2.62. The van der Waals surface area contributed by atoms with E-state index in [1.807, 2.05) is 12.3 Å². The molecule has 3 aliphatic rings. The Labute approximate surface area is 143 Å². The van der Waals surface area contributed by atoms with E-state index in [2.05, 4.69) is 19.7 Å². The van der Waals surface area contributed by atoms with Gasteiger partial charge in [-0.1, -0.05) is 0 Å². The van der Waals surface area contributed by atoms with Crippen LogP contribution in [0.5, 0.6) is 0 Å². The van der Waals surface area contributed by atoms with Crippen LogP contribution < -0.4 is 9.80 Å². The Kier molecular flexibility index (Phi) is 4.56. The minimum atomic E-state index is -0.416. The second-order valence-electron chi connectivity index (χ2n) is 7.16. The molecule has 2 aliphatic heterocycles. The maximum absolute atomic E-state index is 10.3. The van der Waals surface area contributed by atoms with Gasteiger partial charge in [0.05, 0.1) is 18.8 Å². The van der Waals surface area contributed by atoms with E-state index in [0.29, 0.717) is 0 Å². The summed E-state index contributed by atoms with van der Waals surface area (Å²) in [6, 6.07) is 2.00. The van der Waals surface area contributed by atoms with Crippen LogP contribution in [0.4, 0.5) is 11.8 Å². The summed E-state index contributed by atoms with van der Waals surface area (Å²) in [6.07, 6.45) is 4.95. The number of aromatic nitrogens is 2. The van der Waals surface area contributed by atoms with Crippen LogP contribution in [0, 0.1) is 0 Å².